The molecule has 6 nitrogen and oxygen atoms in total. The Hall–Kier alpha value is -2.57. The van der Waals surface area contributed by atoms with Gasteiger partial charge in [0.15, 0.2) is 0 Å². The minimum Gasteiger partial charge on any atom is -0.497 e. The van der Waals surface area contributed by atoms with E-state index in [0.717, 1.165) is 30.2 Å². The molecule has 0 bridgehead atoms. The lowest BCUT2D eigenvalue weighted by molar-refractivity contribution is -0.121. The lowest BCUT2D eigenvalue weighted by Gasteiger charge is -2.35. The third-order valence-electron chi connectivity index (χ3n) is 5.10. The predicted molar refractivity (Wildman–Crippen MR) is 112 cm³/mol. The second-order valence-corrected chi connectivity index (χ2v) is 7.15. The molecule has 0 aliphatic carbocycles. The second kappa shape index (κ2) is 10.8. The summed E-state index contributed by atoms with van der Waals surface area (Å²) in [6.45, 7) is 6.07. The van der Waals surface area contributed by atoms with Gasteiger partial charge < -0.3 is 19.5 Å². The van der Waals surface area contributed by atoms with Crippen LogP contribution in [0.15, 0.2) is 48.5 Å². The zero-order valence-corrected chi connectivity index (χ0v) is 17.2. The quantitative estimate of drug-likeness (QED) is 0.704. The maximum absolute atomic E-state index is 12.4. The summed E-state index contributed by atoms with van der Waals surface area (Å²) in [5, 5.41) is 3.07. The Bertz CT molecular complexity index is 755. The van der Waals surface area contributed by atoms with Gasteiger partial charge in [0, 0.05) is 19.6 Å². The number of aryl methyl sites for hydroxylation is 1. The van der Waals surface area contributed by atoms with E-state index in [0.29, 0.717) is 32.8 Å². The number of morpholine rings is 1. The van der Waals surface area contributed by atoms with Crippen LogP contribution in [0.1, 0.15) is 23.6 Å². The highest BCUT2D eigenvalue weighted by atomic mass is 16.5. The van der Waals surface area contributed by atoms with E-state index in [-0.39, 0.29) is 11.9 Å². The van der Waals surface area contributed by atoms with E-state index in [1.807, 2.05) is 43.3 Å². The first-order valence-corrected chi connectivity index (χ1v) is 10.1. The van der Waals surface area contributed by atoms with Gasteiger partial charge >= 0.3 is 0 Å². The summed E-state index contributed by atoms with van der Waals surface area (Å²) in [5.41, 5.74) is 2.34. The van der Waals surface area contributed by atoms with Gasteiger partial charge in [0.2, 0.25) is 5.91 Å². The monoisotopic (exact) mass is 398 g/mol. The summed E-state index contributed by atoms with van der Waals surface area (Å²) < 4.78 is 16.4. The van der Waals surface area contributed by atoms with Gasteiger partial charge in [-0.2, -0.15) is 0 Å². The minimum atomic E-state index is -0.0103. The van der Waals surface area contributed by atoms with Gasteiger partial charge in [-0.05, 0) is 36.8 Å². The summed E-state index contributed by atoms with van der Waals surface area (Å²) in [6.07, 6.45) is 0.326. The molecule has 1 aliphatic heterocycles. The van der Waals surface area contributed by atoms with E-state index in [1.54, 1.807) is 7.11 Å². The minimum absolute atomic E-state index is 0.0103. The molecule has 0 unspecified atom stereocenters. The Morgan fingerprint density at radius 2 is 1.72 bits per heavy atom. The lowest BCUT2D eigenvalue weighted by Crippen LogP contribution is -2.44. The molecule has 3 rings (SSSR count). The highest BCUT2D eigenvalue weighted by Crippen LogP contribution is 2.23. The second-order valence-electron chi connectivity index (χ2n) is 7.15. The fourth-order valence-electron chi connectivity index (χ4n) is 3.37. The zero-order chi connectivity index (χ0) is 20.5. The van der Waals surface area contributed by atoms with Crippen molar-refractivity contribution in [1.29, 1.82) is 0 Å². The first-order chi connectivity index (χ1) is 14.2. The standard InChI is InChI=1S/C23H30N2O4/c1-18-3-7-21(8-4-18)29-14-11-23(26)24-17-22(25-12-15-28-16-13-25)19-5-9-20(27-2)10-6-19/h3-10,22H,11-17H2,1-2H3,(H,24,26)/t22-/m1/s1. The van der Waals surface area contributed by atoms with Crippen molar-refractivity contribution in [2.75, 3.05) is 46.6 Å². The molecule has 29 heavy (non-hydrogen) atoms. The van der Waals surface area contributed by atoms with Gasteiger partial charge in [-0.15, -0.1) is 0 Å². The Kier molecular flexibility index (Phi) is 7.90. The number of carbonyl (C=O) groups is 1. The van der Waals surface area contributed by atoms with Crippen molar-refractivity contribution in [3.8, 4) is 11.5 Å². The van der Waals surface area contributed by atoms with Crippen molar-refractivity contribution in [3.05, 3.63) is 59.7 Å². The van der Waals surface area contributed by atoms with Crippen LogP contribution in [0.25, 0.3) is 0 Å². The van der Waals surface area contributed by atoms with Crippen LogP contribution in [0.2, 0.25) is 0 Å². The summed E-state index contributed by atoms with van der Waals surface area (Å²) in [6, 6.07) is 16.0. The molecule has 1 heterocycles. The molecular formula is C23H30N2O4. The summed E-state index contributed by atoms with van der Waals surface area (Å²) in [5.74, 6) is 1.60. The van der Waals surface area contributed by atoms with Crippen LogP contribution in [0, 0.1) is 6.92 Å². The number of nitrogens with one attached hydrogen (secondary N) is 1. The molecule has 1 N–H and O–H groups in total. The van der Waals surface area contributed by atoms with Crippen LogP contribution >= 0.6 is 0 Å². The zero-order valence-electron chi connectivity index (χ0n) is 17.2. The number of amides is 1. The lowest BCUT2D eigenvalue weighted by atomic mass is 10.0. The molecule has 0 saturated carbocycles. The molecule has 2 aromatic rings. The van der Waals surface area contributed by atoms with E-state index in [9.17, 15) is 4.79 Å². The number of hydrogen-bond donors (Lipinski definition) is 1. The molecule has 0 spiro atoms. The van der Waals surface area contributed by atoms with Crippen molar-refractivity contribution < 1.29 is 19.0 Å². The van der Waals surface area contributed by atoms with E-state index in [4.69, 9.17) is 14.2 Å². The Labute approximate surface area is 172 Å². The molecule has 1 amide bonds. The van der Waals surface area contributed by atoms with E-state index < -0.39 is 0 Å². The van der Waals surface area contributed by atoms with Crippen LogP contribution in [0.5, 0.6) is 11.5 Å². The number of benzene rings is 2. The molecule has 6 heteroatoms. The van der Waals surface area contributed by atoms with Crippen LogP contribution in [0.4, 0.5) is 0 Å². The number of carbonyl (C=O) groups excluding carboxylic acids is 1. The van der Waals surface area contributed by atoms with Crippen LogP contribution < -0.4 is 14.8 Å². The van der Waals surface area contributed by atoms with E-state index >= 15 is 0 Å². The van der Waals surface area contributed by atoms with Crippen molar-refractivity contribution >= 4 is 5.91 Å². The van der Waals surface area contributed by atoms with Crippen LogP contribution in [-0.4, -0.2) is 57.4 Å². The summed E-state index contributed by atoms with van der Waals surface area (Å²) in [7, 11) is 1.66. The van der Waals surface area contributed by atoms with E-state index in [2.05, 4.69) is 22.3 Å². The van der Waals surface area contributed by atoms with Gasteiger partial charge in [-0.3, -0.25) is 9.69 Å². The molecule has 1 fully saturated rings. The molecular weight excluding hydrogens is 368 g/mol. The molecule has 1 aliphatic rings. The average molecular weight is 399 g/mol. The Balaban J connectivity index is 1.52. The summed E-state index contributed by atoms with van der Waals surface area (Å²) >= 11 is 0. The van der Waals surface area contributed by atoms with Gasteiger partial charge in [-0.1, -0.05) is 29.8 Å². The molecule has 0 aromatic heterocycles. The smallest absolute Gasteiger partial charge is 0.223 e. The fourth-order valence-corrected chi connectivity index (χ4v) is 3.37. The third kappa shape index (κ3) is 6.48. The van der Waals surface area contributed by atoms with Crippen molar-refractivity contribution in [3.63, 3.8) is 0 Å². The Morgan fingerprint density at radius 1 is 1.07 bits per heavy atom. The van der Waals surface area contributed by atoms with Gasteiger partial charge in [0.1, 0.15) is 11.5 Å². The maximum Gasteiger partial charge on any atom is 0.223 e. The fraction of sp³-hybridized carbons (Fsp3) is 0.435. The molecule has 1 saturated heterocycles. The molecule has 2 aromatic carbocycles. The molecule has 0 radical (unpaired) electrons. The summed E-state index contributed by atoms with van der Waals surface area (Å²) in [4.78, 5) is 14.7. The molecule has 156 valence electrons. The van der Waals surface area contributed by atoms with Gasteiger partial charge in [0.25, 0.3) is 0 Å². The largest absolute Gasteiger partial charge is 0.497 e. The molecule has 1 atom stereocenters. The number of ether oxygens (including phenoxy) is 3. The average Bonchev–Trinajstić information content (AvgIpc) is 2.76. The first kappa shape index (κ1) is 21.1. The first-order valence-electron chi connectivity index (χ1n) is 10.1. The number of nitrogens with zero attached hydrogens (tertiary/aromatic N) is 1. The number of methoxy groups -OCH3 is 1. The predicted octanol–water partition coefficient (Wildman–Crippen LogP) is 2.96. The van der Waals surface area contributed by atoms with Crippen molar-refractivity contribution in [2.24, 2.45) is 0 Å². The van der Waals surface area contributed by atoms with E-state index in [1.165, 1.54) is 5.56 Å². The van der Waals surface area contributed by atoms with Crippen molar-refractivity contribution in [2.45, 2.75) is 19.4 Å². The third-order valence-corrected chi connectivity index (χ3v) is 5.10. The number of hydrogen-bond acceptors (Lipinski definition) is 5. The highest BCUT2D eigenvalue weighted by molar-refractivity contribution is 5.76. The maximum atomic E-state index is 12.4. The topological polar surface area (TPSA) is 60.0 Å². The number of rotatable bonds is 9. The Morgan fingerprint density at radius 3 is 2.38 bits per heavy atom. The van der Waals surface area contributed by atoms with Gasteiger partial charge in [-0.25, -0.2) is 0 Å². The SMILES string of the molecule is COc1ccc([C@@H](CNC(=O)CCOc2ccc(C)cc2)N2CCOCC2)cc1. The van der Waals surface area contributed by atoms with Crippen molar-refractivity contribution in [1.82, 2.24) is 10.2 Å². The van der Waals surface area contributed by atoms with Crippen LogP contribution in [0.3, 0.4) is 0 Å². The van der Waals surface area contributed by atoms with Crippen LogP contribution in [-0.2, 0) is 9.53 Å². The normalized spacial score (nSPS) is 15.5. The van der Waals surface area contributed by atoms with Gasteiger partial charge in [0.05, 0.1) is 39.4 Å². The highest BCUT2D eigenvalue weighted by Gasteiger charge is 2.23.